The lowest BCUT2D eigenvalue weighted by atomic mass is 10.1. The molecule has 0 radical (unpaired) electrons. The molecule has 1 aliphatic heterocycles. The lowest BCUT2D eigenvalue weighted by Gasteiger charge is -2.35. The van der Waals surface area contributed by atoms with Gasteiger partial charge in [-0.3, -0.25) is 9.69 Å². The summed E-state index contributed by atoms with van der Waals surface area (Å²) in [5.41, 5.74) is 2.39. The number of piperazine rings is 1. The number of aromatic nitrogens is 1. The highest BCUT2D eigenvalue weighted by Crippen LogP contribution is 2.22. The molecule has 0 atom stereocenters. The molecule has 1 aliphatic rings. The monoisotopic (exact) mass is 397 g/mol. The van der Waals surface area contributed by atoms with Crippen LogP contribution in [0.1, 0.15) is 17.9 Å². The number of nitrogens with zero attached hydrogens (tertiary/aromatic N) is 3. The third-order valence-electron chi connectivity index (χ3n) is 5.25. The van der Waals surface area contributed by atoms with Gasteiger partial charge in [-0.05, 0) is 30.3 Å². The number of ether oxygens (including phenoxy) is 1. The Labute approximate surface area is 168 Å². The van der Waals surface area contributed by atoms with E-state index in [1.165, 1.54) is 12.1 Å². The first-order chi connectivity index (χ1) is 14.1. The molecule has 0 aliphatic carbocycles. The number of aryl methyl sites for hydroxylation is 1. The van der Waals surface area contributed by atoms with Gasteiger partial charge in [-0.25, -0.2) is 9.37 Å². The minimum atomic E-state index is -0.270. The van der Waals surface area contributed by atoms with E-state index in [9.17, 15) is 9.18 Å². The SMILES string of the molecule is COc1ccc(F)cc1CN1CCN(C(=O)CCc2nc3ccccc3o2)CC1. The molecule has 29 heavy (non-hydrogen) atoms. The van der Waals surface area contributed by atoms with E-state index in [1.807, 2.05) is 29.2 Å². The second-order valence-corrected chi connectivity index (χ2v) is 7.19. The molecule has 1 fully saturated rings. The van der Waals surface area contributed by atoms with E-state index < -0.39 is 0 Å². The van der Waals surface area contributed by atoms with Gasteiger partial charge in [0.05, 0.1) is 7.11 Å². The van der Waals surface area contributed by atoms with E-state index >= 15 is 0 Å². The van der Waals surface area contributed by atoms with Crippen molar-refractivity contribution in [3.63, 3.8) is 0 Å². The summed E-state index contributed by atoms with van der Waals surface area (Å²) in [5, 5.41) is 0. The number of halogens is 1. The summed E-state index contributed by atoms with van der Waals surface area (Å²) in [6, 6.07) is 12.2. The third-order valence-corrected chi connectivity index (χ3v) is 5.25. The normalized spacial score (nSPS) is 15.0. The maximum absolute atomic E-state index is 13.6. The van der Waals surface area contributed by atoms with Crippen molar-refractivity contribution >= 4 is 17.0 Å². The van der Waals surface area contributed by atoms with Crippen LogP contribution in [0.5, 0.6) is 5.75 Å². The van der Waals surface area contributed by atoms with Gasteiger partial charge in [0.2, 0.25) is 5.91 Å². The molecule has 1 saturated heterocycles. The molecule has 2 aromatic carbocycles. The summed E-state index contributed by atoms with van der Waals surface area (Å²) < 4.78 is 24.6. The topological polar surface area (TPSA) is 58.8 Å². The number of benzene rings is 2. The quantitative estimate of drug-likeness (QED) is 0.639. The molecular weight excluding hydrogens is 373 g/mol. The van der Waals surface area contributed by atoms with E-state index in [0.29, 0.717) is 44.1 Å². The van der Waals surface area contributed by atoms with Crippen molar-refractivity contribution in [2.75, 3.05) is 33.3 Å². The van der Waals surface area contributed by atoms with Crippen molar-refractivity contribution in [3.8, 4) is 5.75 Å². The van der Waals surface area contributed by atoms with Crippen LogP contribution in [0.4, 0.5) is 4.39 Å². The average Bonchev–Trinajstić information content (AvgIpc) is 3.16. The second kappa shape index (κ2) is 8.61. The summed E-state index contributed by atoms with van der Waals surface area (Å²) in [7, 11) is 1.59. The van der Waals surface area contributed by atoms with Gasteiger partial charge in [0.25, 0.3) is 0 Å². The Morgan fingerprint density at radius 2 is 1.97 bits per heavy atom. The number of carbonyl (C=O) groups excluding carboxylic acids is 1. The highest BCUT2D eigenvalue weighted by atomic mass is 19.1. The largest absolute Gasteiger partial charge is 0.496 e. The first-order valence-electron chi connectivity index (χ1n) is 9.79. The maximum atomic E-state index is 13.6. The van der Waals surface area contributed by atoms with E-state index in [0.717, 1.165) is 29.8 Å². The molecule has 2 heterocycles. The second-order valence-electron chi connectivity index (χ2n) is 7.19. The van der Waals surface area contributed by atoms with Crippen molar-refractivity contribution < 1.29 is 18.3 Å². The average molecular weight is 397 g/mol. The van der Waals surface area contributed by atoms with Gasteiger partial charge in [-0.1, -0.05) is 12.1 Å². The van der Waals surface area contributed by atoms with Gasteiger partial charge in [0, 0.05) is 51.1 Å². The van der Waals surface area contributed by atoms with E-state index in [2.05, 4.69) is 9.88 Å². The molecule has 4 rings (SSSR count). The fraction of sp³-hybridized carbons (Fsp3) is 0.364. The predicted molar refractivity (Wildman–Crippen MR) is 107 cm³/mol. The molecule has 0 bridgehead atoms. The zero-order chi connectivity index (χ0) is 20.2. The van der Waals surface area contributed by atoms with Gasteiger partial charge < -0.3 is 14.1 Å². The summed E-state index contributed by atoms with van der Waals surface area (Å²) >= 11 is 0. The number of fused-ring (bicyclic) bond motifs is 1. The molecule has 1 aromatic heterocycles. The number of oxazole rings is 1. The number of methoxy groups -OCH3 is 1. The predicted octanol–water partition coefficient (Wildman–Crippen LogP) is 3.25. The zero-order valence-corrected chi connectivity index (χ0v) is 16.4. The summed E-state index contributed by atoms with van der Waals surface area (Å²) in [6.45, 7) is 3.41. The van der Waals surface area contributed by atoms with E-state index in [1.54, 1.807) is 13.2 Å². The molecule has 7 heteroatoms. The Bertz CT molecular complexity index is 963. The molecule has 152 valence electrons. The highest BCUT2D eigenvalue weighted by Gasteiger charge is 2.22. The Morgan fingerprint density at radius 3 is 2.72 bits per heavy atom. The van der Waals surface area contributed by atoms with Gasteiger partial charge >= 0.3 is 0 Å². The van der Waals surface area contributed by atoms with Crippen molar-refractivity contribution in [2.24, 2.45) is 0 Å². The van der Waals surface area contributed by atoms with Crippen LogP contribution in [-0.2, 0) is 17.8 Å². The minimum absolute atomic E-state index is 0.107. The lowest BCUT2D eigenvalue weighted by Crippen LogP contribution is -2.48. The van der Waals surface area contributed by atoms with Gasteiger partial charge in [0.15, 0.2) is 11.5 Å². The van der Waals surface area contributed by atoms with Gasteiger partial charge in [0.1, 0.15) is 17.1 Å². The Hall–Kier alpha value is -2.93. The Kier molecular flexibility index (Phi) is 5.76. The Morgan fingerprint density at radius 1 is 1.17 bits per heavy atom. The fourth-order valence-electron chi connectivity index (χ4n) is 3.67. The Balaban J connectivity index is 1.28. The number of hydrogen-bond acceptors (Lipinski definition) is 5. The lowest BCUT2D eigenvalue weighted by molar-refractivity contribution is -0.133. The molecule has 0 N–H and O–H groups in total. The fourth-order valence-corrected chi connectivity index (χ4v) is 3.67. The van der Waals surface area contributed by atoms with E-state index in [-0.39, 0.29) is 11.7 Å². The molecule has 3 aromatic rings. The number of amides is 1. The van der Waals surface area contributed by atoms with Crippen LogP contribution < -0.4 is 4.74 Å². The molecular formula is C22H24FN3O3. The number of rotatable bonds is 6. The minimum Gasteiger partial charge on any atom is -0.496 e. The molecule has 0 saturated carbocycles. The first kappa shape index (κ1) is 19.4. The van der Waals surface area contributed by atoms with Crippen molar-refractivity contribution in [1.82, 2.24) is 14.8 Å². The number of carbonyl (C=O) groups is 1. The van der Waals surface area contributed by atoms with Crippen molar-refractivity contribution in [2.45, 2.75) is 19.4 Å². The molecule has 1 amide bonds. The van der Waals surface area contributed by atoms with Crippen LogP contribution in [0.3, 0.4) is 0 Å². The van der Waals surface area contributed by atoms with Crippen LogP contribution in [0, 0.1) is 5.82 Å². The summed E-state index contributed by atoms with van der Waals surface area (Å²) in [4.78, 5) is 21.1. The van der Waals surface area contributed by atoms with E-state index in [4.69, 9.17) is 9.15 Å². The smallest absolute Gasteiger partial charge is 0.223 e. The first-order valence-corrected chi connectivity index (χ1v) is 9.79. The maximum Gasteiger partial charge on any atom is 0.223 e. The van der Waals surface area contributed by atoms with Gasteiger partial charge in [-0.2, -0.15) is 0 Å². The molecule has 6 nitrogen and oxygen atoms in total. The van der Waals surface area contributed by atoms with Crippen molar-refractivity contribution in [1.29, 1.82) is 0 Å². The van der Waals surface area contributed by atoms with Crippen LogP contribution in [0.25, 0.3) is 11.1 Å². The highest BCUT2D eigenvalue weighted by molar-refractivity contribution is 5.77. The van der Waals surface area contributed by atoms with Crippen LogP contribution in [0.2, 0.25) is 0 Å². The summed E-state index contributed by atoms with van der Waals surface area (Å²) in [6.07, 6.45) is 0.874. The standard InChI is InChI=1S/C22H24FN3O3/c1-28-19-7-6-17(23)14-16(19)15-25-10-12-26(13-11-25)22(27)9-8-21-24-18-4-2-3-5-20(18)29-21/h2-7,14H,8-13,15H2,1H3. The number of para-hydroxylation sites is 2. The van der Waals surface area contributed by atoms with Crippen LogP contribution >= 0.6 is 0 Å². The molecule has 0 spiro atoms. The summed E-state index contributed by atoms with van der Waals surface area (Å²) in [5.74, 6) is 1.11. The zero-order valence-electron chi connectivity index (χ0n) is 16.4. The van der Waals surface area contributed by atoms with Crippen LogP contribution in [0.15, 0.2) is 46.9 Å². The van der Waals surface area contributed by atoms with Crippen molar-refractivity contribution in [3.05, 3.63) is 59.7 Å². The molecule has 0 unspecified atom stereocenters. The van der Waals surface area contributed by atoms with Gasteiger partial charge in [-0.15, -0.1) is 0 Å². The third kappa shape index (κ3) is 4.56. The number of hydrogen-bond donors (Lipinski definition) is 0. The van der Waals surface area contributed by atoms with Crippen LogP contribution in [-0.4, -0.2) is 54.0 Å².